The number of para-hydroxylation sites is 1. The number of ether oxygens (including phenoxy) is 1. The number of carbonyl (C=O) groups excluding carboxylic acids is 1. The number of amides is 1. The summed E-state index contributed by atoms with van der Waals surface area (Å²) in [5.41, 5.74) is 0.687. The Balaban J connectivity index is 1.28. The van der Waals surface area contributed by atoms with Crippen LogP contribution >= 0.6 is 0 Å². The quantitative estimate of drug-likeness (QED) is 0.504. The zero-order valence-corrected chi connectivity index (χ0v) is 14.9. The van der Waals surface area contributed by atoms with Gasteiger partial charge in [-0.15, -0.1) is 0 Å². The molecule has 1 N–H and O–H groups in total. The number of anilines is 1. The van der Waals surface area contributed by atoms with Crippen LogP contribution in [0, 0.1) is 0 Å². The van der Waals surface area contributed by atoms with Gasteiger partial charge in [-0.05, 0) is 48.5 Å². The van der Waals surface area contributed by atoms with Crippen LogP contribution in [0.1, 0.15) is 12.3 Å². The van der Waals surface area contributed by atoms with Crippen molar-refractivity contribution < 1.29 is 18.5 Å². The third kappa shape index (κ3) is 4.45. The van der Waals surface area contributed by atoms with Gasteiger partial charge >= 0.3 is 0 Å². The molecule has 4 rings (SSSR count). The van der Waals surface area contributed by atoms with Gasteiger partial charge in [0.25, 0.3) is 0 Å². The standard InChI is InChI=1S/C21H17N3O4/c25-19(12-13-20-23-21(24-28-20)18-7-4-14-26-18)22-15-8-10-17(11-9-15)27-16-5-2-1-3-6-16/h1-11,14H,12-13H2,(H,22,25). The maximum atomic E-state index is 12.1. The lowest BCUT2D eigenvalue weighted by Gasteiger charge is -2.07. The van der Waals surface area contributed by atoms with E-state index in [1.165, 1.54) is 6.26 Å². The second kappa shape index (κ2) is 8.22. The molecule has 0 aliphatic rings. The van der Waals surface area contributed by atoms with E-state index in [0.717, 1.165) is 5.75 Å². The van der Waals surface area contributed by atoms with Crippen LogP contribution in [-0.4, -0.2) is 16.0 Å². The van der Waals surface area contributed by atoms with Gasteiger partial charge in [0.15, 0.2) is 5.76 Å². The van der Waals surface area contributed by atoms with Crippen molar-refractivity contribution in [2.75, 3.05) is 5.32 Å². The van der Waals surface area contributed by atoms with Gasteiger partial charge in [0, 0.05) is 18.5 Å². The van der Waals surface area contributed by atoms with Crippen LogP contribution in [0.25, 0.3) is 11.6 Å². The summed E-state index contributed by atoms with van der Waals surface area (Å²) in [6.07, 6.45) is 2.10. The van der Waals surface area contributed by atoms with Crippen LogP contribution in [0.4, 0.5) is 5.69 Å². The monoisotopic (exact) mass is 375 g/mol. The minimum absolute atomic E-state index is 0.144. The molecule has 7 nitrogen and oxygen atoms in total. The number of nitrogens with one attached hydrogen (secondary N) is 1. The fraction of sp³-hybridized carbons (Fsp3) is 0.0952. The lowest BCUT2D eigenvalue weighted by atomic mass is 10.2. The van der Waals surface area contributed by atoms with Gasteiger partial charge in [-0.2, -0.15) is 4.98 Å². The van der Waals surface area contributed by atoms with E-state index in [0.29, 0.717) is 35.3 Å². The number of aromatic nitrogens is 2. The van der Waals surface area contributed by atoms with E-state index >= 15 is 0 Å². The molecule has 0 saturated carbocycles. The first kappa shape index (κ1) is 17.5. The molecule has 2 aromatic heterocycles. The van der Waals surface area contributed by atoms with Crippen LogP contribution in [0.15, 0.2) is 81.9 Å². The molecule has 1 amide bonds. The number of benzene rings is 2. The molecule has 0 aliphatic heterocycles. The van der Waals surface area contributed by atoms with E-state index in [4.69, 9.17) is 13.7 Å². The smallest absolute Gasteiger partial charge is 0.238 e. The van der Waals surface area contributed by atoms with E-state index in [-0.39, 0.29) is 12.3 Å². The van der Waals surface area contributed by atoms with Gasteiger partial charge in [0.1, 0.15) is 11.5 Å². The minimum atomic E-state index is -0.144. The number of carbonyl (C=O) groups is 1. The summed E-state index contributed by atoms with van der Waals surface area (Å²) in [4.78, 5) is 16.4. The maximum absolute atomic E-state index is 12.1. The molecule has 140 valence electrons. The molecular weight excluding hydrogens is 358 g/mol. The zero-order chi connectivity index (χ0) is 19.2. The molecule has 0 fully saturated rings. The number of rotatable bonds is 7. The van der Waals surface area contributed by atoms with E-state index in [1.807, 2.05) is 30.3 Å². The van der Waals surface area contributed by atoms with E-state index < -0.39 is 0 Å². The van der Waals surface area contributed by atoms with Crippen molar-refractivity contribution in [2.45, 2.75) is 12.8 Å². The largest absolute Gasteiger partial charge is 0.461 e. The molecule has 0 aliphatic carbocycles. The van der Waals surface area contributed by atoms with Gasteiger partial charge in [-0.3, -0.25) is 4.79 Å². The molecule has 28 heavy (non-hydrogen) atoms. The molecule has 4 aromatic rings. The molecule has 0 radical (unpaired) electrons. The van der Waals surface area contributed by atoms with Crippen molar-refractivity contribution in [3.8, 4) is 23.1 Å². The Kier molecular flexibility index (Phi) is 5.15. The summed E-state index contributed by atoms with van der Waals surface area (Å²) in [7, 11) is 0. The average Bonchev–Trinajstić information content (AvgIpc) is 3.41. The van der Waals surface area contributed by atoms with Gasteiger partial charge in [-0.1, -0.05) is 23.4 Å². The van der Waals surface area contributed by atoms with Crippen molar-refractivity contribution in [1.29, 1.82) is 0 Å². The Hall–Kier alpha value is -3.87. The first-order chi connectivity index (χ1) is 13.8. The van der Waals surface area contributed by atoms with Gasteiger partial charge in [0.2, 0.25) is 17.6 Å². The SMILES string of the molecule is O=C(CCc1nc(-c2ccco2)no1)Nc1ccc(Oc2ccccc2)cc1. The fourth-order valence-electron chi connectivity index (χ4n) is 2.54. The number of aryl methyl sites for hydroxylation is 1. The van der Waals surface area contributed by atoms with E-state index in [1.54, 1.807) is 36.4 Å². The second-order valence-corrected chi connectivity index (χ2v) is 5.98. The summed E-state index contributed by atoms with van der Waals surface area (Å²) < 4.78 is 16.1. The number of hydrogen-bond donors (Lipinski definition) is 1. The Morgan fingerprint density at radius 1 is 0.964 bits per heavy atom. The van der Waals surface area contributed by atoms with Crippen LogP contribution in [0.5, 0.6) is 11.5 Å². The third-order valence-electron chi connectivity index (χ3n) is 3.89. The average molecular weight is 375 g/mol. The minimum Gasteiger partial charge on any atom is -0.461 e. The third-order valence-corrected chi connectivity index (χ3v) is 3.89. The predicted molar refractivity (Wildman–Crippen MR) is 102 cm³/mol. The summed E-state index contributed by atoms with van der Waals surface area (Å²) in [6.45, 7) is 0. The van der Waals surface area contributed by atoms with Gasteiger partial charge in [-0.25, -0.2) is 0 Å². The highest BCUT2D eigenvalue weighted by Crippen LogP contribution is 2.23. The predicted octanol–water partition coefficient (Wildman–Crippen LogP) is 4.69. The molecule has 0 atom stereocenters. The Morgan fingerprint density at radius 3 is 2.50 bits per heavy atom. The normalized spacial score (nSPS) is 10.6. The van der Waals surface area contributed by atoms with Crippen molar-refractivity contribution in [3.63, 3.8) is 0 Å². The van der Waals surface area contributed by atoms with Crippen molar-refractivity contribution in [3.05, 3.63) is 78.9 Å². The van der Waals surface area contributed by atoms with Crippen molar-refractivity contribution in [1.82, 2.24) is 10.1 Å². The van der Waals surface area contributed by atoms with Gasteiger partial charge < -0.3 is 19.0 Å². The number of nitrogens with zero attached hydrogens (tertiary/aromatic N) is 2. The molecule has 0 bridgehead atoms. The topological polar surface area (TPSA) is 90.4 Å². The van der Waals surface area contributed by atoms with Gasteiger partial charge in [0.05, 0.1) is 6.26 Å². The molecule has 0 saturated heterocycles. The summed E-state index contributed by atoms with van der Waals surface area (Å²) in [5, 5.41) is 6.67. The second-order valence-electron chi connectivity index (χ2n) is 5.98. The molecule has 0 spiro atoms. The molecule has 2 aromatic carbocycles. The summed E-state index contributed by atoms with van der Waals surface area (Å²) >= 11 is 0. The van der Waals surface area contributed by atoms with E-state index in [9.17, 15) is 4.79 Å². The molecule has 0 unspecified atom stereocenters. The summed E-state index contributed by atoms with van der Waals surface area (Å²) in [5.74, 6) is 2.59. The maximum Gasteiger partial charge on any atom is 0.238 e. The fourth-order valence-corrected chi connectivity index (χ4v) is 2.54. The van der Waals surface area contributed by atoms with Crippen molar-refractivity contribution >= 4 is 11.6 Å². The van der Waals surface area contributed by atoms with Crippen LogP contribution < -0.4 is 10.1 Å². The van der Waals surface area contributed by atoms with Crippen LogP contribution in [-0.2, 0) is 11.2 Å². The highest BCUT2D eigenvalue weighted by atomic mass is 16.5. The highest BCUT2D eigenvalue weighted by molar-refractivity contribution is 5.90. The highest BCUT2D eigenvalue weighted by Gasteiger charge is 2.12. The van der Waals surface area contributed by atoms with Crippen LogP contribution in [0.2, 0.25) is 0 Å². The Labute approximate surface area is 161 Å². The van der Waals surface area contributed by atoms with Crippen LogP contribution in [0.3, 0.4) is 0 Å². The molecule has 2 heterocycles. The molecular formula is C21H17N3O4. The Bertz CT molecular complexity index is 1030. The summed E-state index contributed by atoms with van der Waals surface area (Å²) in [6, 6.07) is 20.2. The lowest BCUT2D eigenvalue weighted by Crippen LogP contribution is -2.12. The number of hydrogen-bond acceptors (Lipinski definition) is 6. The van der Waals surface area contributed by atoms with E-state index in [2.05, 4.69) is 15.5 Å². The first-order valence-electron chi connectivity index (χ1n) is 8.75. The zero-order valence-electron chi connectivity index (χ0n) is 14.9. The molecule has 7 heteroatoms. The lowest BCUT2D eigenvalue weighted by molar-refractivity contribution is -0.116. The van der Waals surface area contributed by atoms with Crippen molar-refractivity contribution in [2.24, 2.45) is 0 Å². The Morgan fingerprint density at radius 2 is 1.75 bits per heavy atom. The number of furan rings is 1. The first-order valence-corrected chi connectivity index (χ1v) is 8.75.